The fraction of sp³-hybridized carbons (Fsp3) is 0.385. The van der Waals surface area contributed by atoms with Crippen LogP contribution in [0.3, 0.4) is 0 Å². The zero-order valence-corrected chi connectivity index (χ0v) is 10.2. The largest absolute Gasteiger partial charge is 0.338 e. The summed E-state index contributed by atoms with van der Waals surface area (Å²) >= 11 is 0. The second-order valence-electron chi connectivity index (χ2n) is 4.45. The van der Waals surface area contributed by atoms with Gasteiger partial charge in [0.25, 0.3) is 0 Å². The molecule has 1 aromatic heterocycles. The quantitative estimate of drug-likeness (QED) is 0.859. The topological polar surface area (TPSA) is 51.0 Å². The van der Waals surface area contributed by atoms with Crippen LogP contribution in [-0.2, 0) is 6.42 Å². The summed E-state index contributed by atoms with van der Waals surface area (Å²) < 4.78 is 5.12. The van der Waals surface area contributed by atoms with Crippen LogP contribution in [-0.4, -0.2) is 16.7 Å². The van der Waals surface area contributed by atoms with Gasteiger partial charge < -0.3 is 9.84 Å². The minimum atomic E-state index is 0.504. The van der Waals surface area contributed by atoms with Crippen molar-refractivity contribution in [3.63, 3.8) is 0 Å². The number of rotatable bonds is 5. The van der Waals surface area contributed by atoms with Crippen LogP contribution in [0.4, 0.5) is 6.01 Å². The van der Waals surface area contributed by atoms with Gasteiger partial charge in [-0.25, -0.2) is 0 Å². The molecule has 0 saturated carbocycles. The highest BCUT2D eigenvalue weighted by atomic mass is 16.5. The van der Waals surface area contributed by atoms with Crippen molar-refractivity contribution in [2.45, 2.75) is 20.3 Å². The molecule has 0 atom stereocenters. The molecule has 4 heteroatoms. The van der Waals surface area contributed by atoms with E-state index in [1.165, 1.54) is 5.56 Å². The van der Waals surface area contributed by atoms with E-state index in [0.29, 0.717) is 24.2 Å². The smallest absolute Gasteiger partial charge is 0.321 e. The molecule has 17 heavy (non-hydrogen) atoms. The Morgan fingerprint density at radius 3 is 2.71 bits per heavy atom. The summed E-state index contributed by atoms with van der Waals surface area (Å²) in [7, 11) is 0. The minimum absolute atomic E-state index is 0.504. The van der Waals surface area contributed by atoms with Gasteiger partial charge in [0.05, 0.1) is 0 Å². The van der Waals surface area contributed by atoms with Crippen LogP contribution in [0.2, 0.25) is 0 Å². The van der Waals surface area contributed by atoms with Crippen LogP contribution in [0.5, 0.6) is 0 Å². The molecule has 0 aliphatic rings. The molecule has 1 aromatic carbocycles. The first-order chi connectivity index (χ1) is 8.24. The Morgan fingerprint density at radius 2 is 2.00 bits per heavy atom. The molecule has 0 bridgehead atoms. The summed E-state index contributed by atoms with van der Waals surface area (Å²) in [5.41, 5.74) is 1.18. The first-order valence-corrected chi connectivity index (χ1v) is 5.84. The summed E-state index contributed by atoms with van der Waals surface area (Å²) in [4.78, 5) is 4.29. The normalized spacial score (nSPS) is 10.8. The Morgan fingerprint density at radius 1 is 1.24 bits per heavy atom. The van der Waals surface area contributed by atoms with Crippen LogP contribution in [0.25, 0.3) is 0 Å². The Bertz CT molecular complexity index is 451. The van der Waals surface area contributed by atoms with E-state index in [1.54, 1.807) is 0 Å². The van der Waals surface area contributed by atoms with Crippen LogP contribution in [0.1, 0.15) is 25.2 Å². The van der Waals surface area contributed by atoms with Gasteiger partial charge in [-0.1, -0.05) is 49.3 Å². The Labute approximate surface area is 101 Å². The number of hydrogen-bond acceptors (Lipinski definition) is 4. The molecule has 0 fully saturated rings. The van der Waals surface area contributed by atoms with Crippen molar-refractivity contribution < 1.29 is 4.52 Å². The Hall–Kier alpha value is -1.84. The number of aromatic nitrogens is 2. The van der Waals surface area contributed by atoms with E-state index >= 15 is 0 Å². The summed E-state index contributed by atoms with van der Waals surface area (Å²) in [6.45, 7) is 5.11. The molecule has 1 N–H and O–H groups in total. The molecule has 90 valence electrons. The van der Waals surface area contributed by atoms with Gasteiger partial charge >= 0.3 is 6.01 Å². The van der Waals surface area contributed by atoms with E-state index in [1.807, 2.05) is 18.2 Å². The van der Waals surface area contributed by atoms with Gasteiger partial charge in [-0.2, -0.15) is 4.98 Å². The molecular weight excluding hydrogens is 214 g/mol. The highest BCUT2D eigenvalue weighted by molar-refractivity contribution is 5.22. The second kappa shape index (κ2) is 5.48. The molecule has 0 saturated heterocycles. The summed E-state index contributed by atoms with van der Waals surface area (Å²) in [6.07, 6.45) is 0.702. The van der Waals surface area contributed by atoms with Gasteiger partial charge in [-0.05, 0) is 11.5 Å². The predicted octanol–water partition coefficient (Wildman–Crippen LogP) is 2.73. The van der Waals surface area contributed by atoms with E-state index in [2.05, 4.69) is 41.4 Å². The third-order valence-electron chi connectivity index (χ3n) is 2.33. The van der Waals surface area contributed by atoms with Crippen molar-refractivity contribution in [2.75, 3.05) is 11.9 Å². The number of anilines is 1. The van der Waals surface area contributed by atoms with E-state index in [4.69, 9.17) is 4.52 Å². The van der Waals surface area contributed by atoms with Crippen molar-refractivity contribution in [3.05, 3.63) is 41.7 Å². The number of nitrogens with one attached hydrogen (secondary N) is 1. The third kappa shape index (κ3) is 3.59. The second-order valence-corrected chi connectivity index (χ2v) is 4.45. The number of hydrogen-bond donors (Lipinski definition) is 1. The molecule has 2 aromatic rings. The van der Waals surface area contributed by atoms with E-state index in [9.17, 15) is 0 Å². The van der Waals surface area contributed by atoms with Crippen LogP contribution < -0.4 is 5.32 Å². The fourth-order valence-electron chi connectivity index (χ4n) is 1.47. The fourth-order valence-corrected chi connectivity index (χ4v) is 1.47. The molecule has 0 radical (unpaired) electrons. The monoisotopic (exact) mass is 231 g/mol. The maximum absolute atomic E-state index is 5.12. The van der Waals surface area contributed by atoms with Crippen LogP contribution >= 0.6 is 0 Å². The average Bonchev–Trinajstić information content (AvgIpc) is 2.75. The Balaban J connectivity index is 1.94. The third-order valence-corrected chi connectivity index (χ3v) is 2.33. The maximum Gasteiger partial charge on any atom is 0.321 e. The van der Waals surface area contributed by atoms with Crippen LogP contribution in [0.15, 0.2) is 34.9 Å². The SMILES string of the molecule is CC(C)CNc1nc(Cc2ccccc2)no1. The summed E-state index contributed by atoms with van der Waals surface area (Å²) in [5.74, 6) is 1.27. The molecule has 0 aliphatic heterocycles. The van der Waals surface area contributed by atoms with Crippen molar-refractivity contribution >= 4 is 6.01 Å². The average molecular weight is 231 g/mol. The van der Waals surface area contributed by atoms with Gasteiger partial charge in [0, 0.05) is 13.0 Å². The van der Waals surface area contributed by atoms with E-state index in [0.717, 1.165) is 6.54 Å². The molecule has 0 unspecified atom stereocenters. The number of nitrogens with zero attached hydrogens (tertiary/aromatic N) is 2. The van der Waals surface area contributed by atoms with Gasteiger partial charge in [-0.3, -0.25) is 0 Å². The lowest BCUT2D eigenvalue weighted by Gasteiger charge is -2.02. The summed E-state index contributed by atoms with van der Waals surface area (Å²) in [6, 6.07) is 10.6. The van der Waals surface area contributed by atoms with Gasteiger partial charge in [0.1, 0.15) is 0 Å². The molecule has 0 aliphatic carbocycles. The standard InChI is InChI=1S/C13H17N3O/c1-10(2)9-14-13-15-12(16-17-13)8-11-6-4-3-5-7-11/h3-7,10H,8-9H2,1-2H3,(H,14,15,16). The zero-order chi connectivity index (χ0) is 12.1. The van der Waals surface area contributed by atoms with Crippen LogP contribution in [0, 0.1) is 5.92 Å². The number of benzene rings is 1. The van der Waals surface area contributed by atoms with Gasteiger partial charge in [0.15, 0.2) is 5.82 Å². The highest BCUT2D eigenvalue weighted by Crippen LogP contribution is 2.09. The molecular formula is C13H17N3O. The van der Waals surface area contributed by atoms with Crippen molar-refractivity contribution in [3.8, 4) is 0 Å². The molecule has 0 spiro atoms. The van der Waals surface area contributed by atoms with Gasteiger partial charge in [-0.15, -0.1) is 0 Å². The highest BCUT2D eigenvalue weighted by Gasteiger charge is 2.06. The van der Waals surface area contributed by atoms with Crippen molar-refractivity contribution in [2.24, 2.45) is 5.92 Å². The minimum Gasteiger partial charge on any atom is -0.338 e. The molecule has 4 nitrogen and oxygen atoms in total. The van der Waals surface area contributed by atoms with Crippen molar-refractivity contribution in [1.29, 1.82) is 0 Å². The summed E-state index contributed by atoms with van der Waals surface area (Å²) in [5, 5.41) is 7.05. The lowest BCUT2D eigenvalue weighted by molar-refractivity contribution is 0.421. The molecule has 1 heterocycles. The lowest BCUT2D eigenvalue weighted by Crippen LogP contribution is -2.08. The van der Waals surface area contributed by atoms with E-state index < -0.39 is 0 Å². The van der Waals surface area contributed by atoms with Gasteiger partial charge in [0.2, 0.25) is 0 Å². The zero-order valence-electron chi connectivity index (χ0n) is 10.2. The van der Waals surface area contributed by atoms with E-state index in [-0.39, 0.29) is 0 Å². The first-order valence-electron chi connectivity index (χ1n) is 5.84. The Kier molecular flexibility index (Phi) is 3.75. The predicted molar refractivity (Wildman–Crippen MR) is 66.9 cm³/mol. The van der Waals surface area contributed by atoms with Crippen molar-refractivity contribution in [1.82, 2.24) is 10.1 Å². The first kappa shape index (κ1) is 11.6. The molecule has 0 amide bonds. The molecule has 2 rings (SSSR count). The lowest BCUT2D eigenvalue weighted by atomic mass is 10.1. The maximum atomic E-state index is 5.12.